The van der Waals surface area contributed by atoms with Crippen molar-refractivity contribution in [3.05, 3.63) is 106 Å². The Kier molecular flexibility index (Phi) is 8.86. The number of aryl methyl sites for hydroxylation is 1. The number of fused-ring (bicyclic) bond motifs is 2. The van der Waals surface area contributed by atoms with Crippen LogP contribution in [0.5, 0.6) is 0 Å². The number of carbonyl (C=O) groups is 2. The smallest absolute Gasteiger partial charge is 0.414 e. The molecule has 1 unspecified atom stereocenters. The first-order chi connectivity index (χ1) is 23.5. The van der Waals surface area contributed by atoms with E-state index in [1.54, 1.807) is 20.5 Å². The second kappa shape index (κ2) is 13.0. The fraction of sp³-hybridized carbons (Fsp3) is 0.389. The molecule has 3 aromatic carbocycles. The molecule has 0 radical (unpaired) electrons. The van der Waals surface area contributed by atoms with Gasteiger partial charge in [0.2, 0.25) is 0 Å². The molecule has 0 aliphatic carbocycles. The molecule has 2 N–H and O–H groups in total. The monoisotopic (exact) mass is 701 g/mol. The Morgan fingerprint density at radius 2 is 1.88 bits per heavy atom. The molecule has 5 atom stereocenters. The Balaban J connectivity index is 1.17. The molecule has 4 aromatic rings. The normalized spacial score (nSPS) is 24.2. The van der Waals surface area contributed by atoms with Crippen molar-refractivity contribution in [3.63, 3.8) is 0 Å². The summed E-state index contributed by atoms with van der Waals surface area (Å²) in [6.07, 6.45) is 1.49. The van der Waals surface area contributed by atoms with Crippen molar-refractivity contribution in [2.24, 2.45) is 5.92 Å². The highest BCUT2D eigenvalue weighted by Crippen LogP contribution is 2.60. The van der Waals surface area contributed by atoms with Gasteiger partial charge in [-0.05, 0) is 61.0 Å². The molecule has 2 amide bonds. The Hall–Kier alpha value is -4.07. The van der Waals surface area contributed by atoms with Crippen molar-refractivity contribution in [2.45, 2.75) is 62.7 Å². The first-order valence-corrected chi connectivity index (χ1v) is 20.0. The number of hydrogen-bond acceptors (Lipinski definition) is 8. The SMILES string of the molecule is C[C@H]1[C@H]([Si](C)(C)O)[C@@H](CCn2cc(C(CO)c3ccccc3)nn2)O[C@]12C(=O)N(Cc1cccc(N3CCOC3=O)c1)c1ccc(Cl)cc12. The predicted octanol–water partition coefficient (Wildman–Crippen LogP) is 5.45. The Labute approximate surface area is 291 Å². The van der Waals surface area contributed by atoms with Gasteiger partial charge in [-0.15, -0.1) is 5.10 Å². The molecule has 2 saturated heterocycles. The van der Waals surface area contributed by atoms with Gasteiger partial charge >= 0.3 is 6.09 Å². The van der Waals surface area contributed by atoms with Gasteiger partial charge in [0.15, 0.2) is 13.9 Å². The molecule has 4 heterocycles. The van der Waals surface area contributed by atoms with E-state index in [0.29, 0.717) is 53.8 Å². The van der Waals surface area contributed by atoms with Crippen LogP contribution < -0.4 is 9.80 Å². The van der Waals surface area contributed by atoms with Crippen molar-refractivity contribution in [1.29, 1.82) is 0 Å². The minimum atomic E-state index is -2.89. The van der Waals surface area contributed by atoms with Crippen LogP contribution in [0.2, 0.25) is 23.7 Å². The lowest BCUT2D eigenvalue weighted by Gasteiger charge is -2.32. The van der Waals surface area contributed by atoms with Crippen LogP contribution in [0, 0.1) is 5.92 Å². The fourth-order valence-electron chi connectivity index (χ4n) is 8.01. The van der Waals surface area contributed by atoms with E-state index in [2.05, 4.69) is 10.3 Å². The number of amides is 2. The zero-order valence-electron chi connectivity index (χ0n) is 27.7. The number of cyclic esters (lactones) is 1. The van der Waals surface area contributed by atoms with E-state index in [0.717, 1.165) is 11.1 Å². The minimum Gasteiger partial charge on any atom is -0.447 e. The summed E-state index contributed by atoms with van der Waals surface area (Å²) in [7, 11) is -2.89. The molecule has 13 heteroatoms. The number of nitrogens with zero attached hydrogens (tertiary/aromatic N) is 5. The second-order valence-electron chi connectivity index (χ2n) is 13.7. The lowest BCUT2D eigenvalue weighted by atomic mass is 9.82. The highest BCUT2D eigenvalue weighted by molar-refractivity contribution is 6.71. The highest BCUT2D eigenvalue weighted by atomic mass is 35.5. The van der Waals surface area contributed by atoms with Crippen LogP contribution in [0.15, 0.2) is 79.0 Å². The van der Waals surface area contributed by atoms with Crippen molar-refractivity contribution in [2.75, 3.05) is 29.6 Å². The first kappa shape index (κ1) is 33.4. The summed E-state index contributed by atoms with van der Waals surface area (Å²) < 4.78 is 13.8. The van der Waals surface area contributed by atoms with Crippen LogP contribution >= 0.6 is 11.6 Å². The summed E-state index contributed by atoms with van der Waals surface area (Å²) >= 11 is 6.57. The number of hydrogen-bond donors (Lipinski definition) is 2. The number of carbonyl (C=O) groups excluding carboxylic acids is 2. The molecule has 0 bridgehead atoms. The van der Waals surface area contributed by atoms with Crippen LogP contribution in [-0.4, -0.2) is 71.1 Å². The van der Waals surface area contributed by atoms with Gasteiger partial charge in [-0.3, -0.25) is 14.4 Å². The lowest BCUT2D eigenvalue weighted by Crippen LogP contribution is -2.46. The van der Waals surface area contributed by atoms with E-state index in [1.807, 2.05) is 92.9 Å². The van der Waals surface area contributed by atoms with E-state index in [1.165, 1.54) is 0 Å². The van der Waals surface area contributed by atoms with Gasteiger partial charge in [0.1, 0.15) is 6.61 Å². The average molecular weight is 702 g/mol. The van der Waals surface area contributed by atoms with Crippen molar-refractivity contribution in [1.82, 2.24) is 15.0 Å². The van der Waals surface area contributed by atoms with Crippen LogP contribution in [-0.2, 0) is 33.0 Å². The Bertz CT molecular complexity index is 1870. The van der Waals surface area contributed by atoms with Gasteiger partial charge in [-0.2, -0.15) is 0 Å². The third kappa shape index (κ3) is 5.95. The summed E-state index contributed by atoms with van der Waals surface area (Å²) in [4.78, 5) is 42.0. The van der Waals surface area contributed by atoms with Crippen LogP contribution in [0.1, 0.15) is 41.6 Å². The molecule has 1 aromatic heterocycles. The average Bonchev–Trinajstić information content (AvgIpc) is 3.84. The third-order valence-corrected chi connectivity index (χ3v) is 12.9. The summed E-state index contributed by atoms with van der Waals surface area (Å²) in [5.41, 5.74) is 2.95. The molecular formula is C36H40ClN5O6Si. The maximum Gasteiger partial charge on any atom is 0.414 e. The van der Waals surface area contributed by atoms with Gasteiger partial charge in [0, 0.05) is 40.5 Å². The largest absolute Gasteiger partial charge is 0.447 e. The van der Waals surface area contributed by atoms with Gasteiger partial charge in [0.25, 0.3) is 5.91 Å². The van der Waals surface area contributed by atoms with Crippen LogP contribution in [0.4, 0.5) is 16.2 Å². The summed E-state index contributed by atoms with van der Waals surface area (Å²) in [5, 5.41) is 19.4. The fourth-order valence-corrected chi connectivity index (χ4v) is 10.8. The van der Waals surface area contributed by atoms with E-state index in [9.17, 15) is 19.5 Å². The van der Waals surface area contributed by atoms with Gasteiger partial charge in [0.05, 0.1) is 43.1 Å². The van der Waals surface area contributed by atoms with E-state index in [4.69, 9.17) is 21.1 Å². The van der Waals surface area contributed by atoms with E-state index in [-0.39, 0.29) is 42.5 Å². The van der Waals surface area contributed by atoms with Crippen molar-refractivity contribution >= 4 is 43.3 Å². The minimum absolute atomic E-state index is 0.101. The number of aromatic nitrogens is 3. The summed E-state index contributed by atoms with van der Waals surface area (Å²) in [6.45, 7) is 7.20. The lowest BCUT2D eigenvalue weighted by molar-refractivity contribution is -0.146. The maximum atomic E-state index is 14.8. The summed E-state index contributed by atoms with van der Waals surface area (Å²) in [6, 6.07) is 22.7. The van der Waals surface area contributed by atoms with Crippen molar-refractivity contribution in [3.8, 4) is 0 Å². The van der Waals surface area contributed by atoms with E-state index < -0.39 is 20.0 Å². The second-order valence-corrected chi connectivity index (χ2v) is 18.1. The highest BCUT2D eigenvalue weighted by Gasteiger charge is 2.66. The molecule has 49 heavy (non-hydrogen) atoms. The Morgan fingerprint density at radius 1 is 1.08 bits per heavy atom. The molecule has 7 rings (SSSR count). The molecule has 2 fully saturated rings. The number of rotatable bonds is 10. The zero-order chi connectivity index (χ0) is 34.5. The number of benzene rings is 3. The molecule has 3 aliphatic rings. The third-order valence-electron chi connectivity index (χ3n) is 10.2. The zero-order valence-corrected chi connectivity index (χ0v) is 29.5. The molecular weight excluding hydrogens is 662 g/mol. The standard InChI is InChI=1S/C36H40ClN5O6Si/c1-23-33(49(2,3)46)32(14-15-40-21-30(38-39-40)28(22-43)25-9-5-4-6-10-25)48-36(23)29-19-26(37)12-13-31(29)42(34(36)44)20-24-8-7-11-27(18-24)41-16-17-47-35(41)45/h4-13,18-19,21,23,28,32-33,43,46H,14-17,20,22H2,1-3H3/t23-,28?,32+,33-,36+/m0/s1. The predicted molar refractivity (Wildman–Crippen MR) is 187 cm³/mol. The van der Waals surface area contributed by atoms with Gasteiger partial charge in [-0.1, -0.05) is 66.2 Å². The molecule has 256 valence electrons. The van der Waals surface area contributed by atoms with Gasteiger partial charge in [-0.25, -0.2) is 4.79 Å². The number of aliphatic hydroxyl groups excluding tert-OH is 1. The van der Waals surface area contributed by atoms with Gasteiger partial charge < -0.3 is 24.3 Å². The van der Waals surface area contributed by atoms with Crippen LogP contribution in [0.25, 0.3) is 0 Å². The maximum absolute atomic E-state index is 14.8. The van der Waals surface area contributed by atoms with E-state index >= 15 is 0 Å². The molecule has 11 nitrogen and oxygen atoms in total. The number of halogens is 1. The topological polar surface area (TPSA) is 130 Å². The van der Waals surface area contributed by atoms with Crippen LogP contribution in [0.3, 0.4) is 0 Å². The summed E-state index contributed by atoms with van der Waals surface area (Å²) in [5.74, 6) is -0.857. The Morgan fingerprint density at radius 3 is 2.59 bits per heavy atom. The first-order valence-electron chi connectivity index (χ1n) is 16.6. The molecule has 1 spiro atoms. The number of aliphatic hydroxyl groups is 1. The quantitative estimate of drug-likeness (QED) is 0.209. The molecule has 0 saturated carbocycles. The number of anilines is 2. The molecule has 3 aliphatic heterocycles. The van der Waals surface area contributed by atoms with Crippen molar-refractivity contribution < 1.29 is 29.0 Å². The number of ether oxygens (including phenoxy) is 2.